The molecule has 0 radical (unpaired) electrons. The van der Waals surface area contributed by atoms with Gasteiger partial charge in [-0.1, -0.05) is 33.6 Å². The Balaban J connectivity index is 2.76. The first-order valence-corrected chi connectivity index (χ1v) is 5.81. The Hall–Kier alpha value is -0.540. The predicted octanol–water partition coefficient (Wildman–Crippen LogP) is 3.13. The summed E-state index contributed by atoms with van der Waals surface area (Å²) < 4.78 is 4.64. The Labute approximate surface area is 103 Å². The first-order valence-electron chi connectivity index (χ1n) is 4.51. The van der Waals surface area contributed by atoms with Gasteiger partial charge in [0, 0.05) is 5.02 Å². The molecule has 0 bridgehead atoms. The van der Waals surface area contributed by atoms with Crippen LogP contribution in [0.15, 0.2) is 18.2 Å². The van der Waals surface area contributed by atoms with Gasteiger partial charge in [-0.2, -0.15) is 0 Å². The minimum absolute atomic E-state index is 0.260. The van der Waals surface area contributed by atoms with Crippen LogP contribution in [0.1, 0.15) is 11.1 Å². The van der Waals surface area contributed by atoms with Crippen molar-refractivity contribution in [2.45, 2.75) is 18.2 Å². The average Bonchev–Trinajstić information content (AvgIpc) is 2.20. The fourth-order valence-electron chi connectivity index (χ4n) is 1.29. The molecule has 0 spiro atoms. The molecular weight excluding hydrogens is 279 g/mol. The topological polar surface area (TPSA) is 26.3 Å². The number of carbonyl (C=O) groups excluding carboxylic acids is 1. The maximum atomic E-state index is 11.2. The summed E-state index contributed by atoms with van der Waals surface area (Å²) >= 11 is 9.13. The number of rotatable bonds is 3. The van der Waals surface area contributed by atoms with Gasteiger partial charge >= 0.3 is 5.97 Å². The lowest BCUT2D eigenvalue weighted by molar-refractivity contribution is -0.139. The molecule has 0 fully saturated rings. The molecule has 4 heteroatoms. The molecule has 1 rings (SSSR count). The number of methoxy groups -OCH3 is 1. The number of halogens is 2. The smallest absolute Gasteiger partial charge is 0.319 e. The van der Waals surface area contributed by atoms with Crippen LogP contribution in [0.3, 0.4) is 0 Å². The number of alkyl halides is 1. The van der Waals surface area contributed by atoms with Crippen molar-refractivity contribution in [1.29, 1.82) is 0 Å². The van der Waals surface area contributed by atoms with Crippen molar-refractivity contribution in [3.8, 4) is 0 Å². The van der Waals surface area contributed by atoms with Crippen LogP contribution in [-0.2, 0) is 16.0 Å². The summed E-state index contributed by atoms with van der Waals surface area (Å²) in [4.78, 5) is 10.9. The third kappa shape index (κ3) is 3.50. The predicted molar refractivity (Wildman–Crippen MR) is 64.6 cm³/mol. The molecule has 82 valence electrons. The van der Waals surface area contributed by atoms with Crippen LogP contribution in [0.5, 0.6) is 0 Å². The minimum Gasteiger partial charge on any atom is -0.468 e. The Morgan fingerprint density at radius 3 is 2.80 bits per heavy atom. The fourth-order valence-corrected chi connectivity index (χ4v) is 2.05. The van der Waals surface area contributed by atoms with Crippen LogP contribution in [0.25, 0.3) is 0 Å². The molecule has 1 aromatic rings. The van der Waals surface area contributed by atoms with Crippen LogP contribution in [-0.4, -0.2) is 17.9 Å². The second-order valence-corrected chi connectivity index (χ2v) is 4.81. The van der Waals surface area contributed by atoms with Crippen LogP contribution >= 0.6 is 27.5 Å². The van der Waals surface area contributed by atoms with E-state index in [0.29, 0.717) is 11.4 Å². The number of ether oxygens (including phenoxy) is 1. The van der Waals surface area contributed by atoms with Crippen LogP contribution in [0.4, 0.5) is 0 Å². The van der Waals surface area contributed by atoms with E-state index in [1.165, 1.54) is 7.11 Å². The Morgan fingerprint density at radius 1 is 1.60 bits per heavy atom. The number of aryl methyl sites for hydroxylation is 1. The van der Waals surface area contributed by atoms with E-state index in [4.69, 9.17) is 11.6 Å². The van der Waals surface area contributed by atoms with Gasteiger partial charge in [-0.05, 0) is 36.6 Å². The Morgan fingerprint density at radius 2 is 2.27 bits per heavy atom. The number of benzene rings is 1. The van der Waals surface area contributed by atoms with Crippen molar-refractivity contribution in [1.82, 2.24) is 0 Å². The molecule has 0 aromatic heterocycles. The largest absolute Gasteiger partial charge is 0.468 e. The van der Waals surface area contributed by atoms with E-state index in [2.05, 4.69) is 20.7 Å². The Bertz CT molecular complexity index is 366. The zero-order valence-corrected chi connectivity index (χ0v) is 10.9. The Kier molecular flexibility index (Phi) is 4.61. The van der Waals surface area contributed by atoms with Gasteiger partial charge in [0.1, 0.15) is 4.83 Å². The van der Waals surface area contributed by atoms with Crippen molar-refractivity contribution in [3.63, 3.8) is 0 Å². The second-order valence-electron chi connectivity index (χ2n) is 3.27. The zero-order valence-electron chi connectivity index (χ0n) is 8.59. The van der Waals surface area contributed by atoms with Crippen LogP contribution in [0.2, 0.25) is 5.02 Å². The van der Waals surface area contributed by atoms with Gasteiger partial charge in [0.2, 0.25) is 0 Å². The van der Waals surface area contributed by atoms with Crippen molar-refractivity contribution < 1.29 is 9.53 Å². The van der Waals surface area contributed by atoms with Gasteiger partial charge in [-0.25, -0.2) is 0 Å². The SMILES string of the molecule is COC(=O)C(Br)Cc1ccc(Cl)cc1C. The van der Waals surface area contributed by atoms with Gasteiger partial charge in [0.25, 0.3) is 0 Å². The van der Waals surface area contributed by atoms with Crippen LogP contribution < -0.4 is 0 Å². The zero-order chi connectivity index (χ0) is 11.4. The van der Waals surface area contributed by atoms with E-state index < -0.39 is 0 Å². The van der Waals surface area contributed by atoms with Crippen molar-refractivity contribution in [3.05, 3.63) is 34.3 Å². The highest BCUT2D eigenvalue weighted by Crippen LogP contribution is 2.19. The summed E-state index contributed by atoms with van der Waals surface area (Å²) in [6.07, 6.45) is 0.607. The van der Waals surface area contributed by atoms with Gasteiger partial charge < -0.3 is 4.74 Å². The summed E-state index contributed by atoms with van der Waals surface area (Å²) in [6.45, 7) is 1.97. The first kappa shape index (κ1) is 12.5. The highest BCUT2D eigenvalue weighted by molar-refractivity contribution is 9.10. The standard InChI is InChI=1S/C11H12BrClO2/c1-7-5-9(13)4-3-8(7)6-10(12)11(14)15-2/h3-5,10H,6H2,1-2H3. The molecule has 15 heavy (non-hydrogen) atoms. The summed E-state index contributed by atoms with van der Waals surface area (Å²) in [5, 5.41) is 0.709. The van der Waals surface area contributed by atoms with Gasteiger partial charge in [-0.15, -0.1) is 0 Å². The quantitative estimate of drug-likeness (QED) is 0.632. The molecule has 1 atom stereocenters. The third-order valence-corrected chi connectivity index (χ3v) is 3.09. The summed E-state index contributed by atoms with van der Waals surface area (Å²) in [7, 11) is 1.38. The lowest BCUT2D eigenvalue weighted by Gasteiger charge is -2.10. The molecular formula is C11H12BrClO2. The number of hydrogen-bond donors (Lipinski definition) is 0. The highest BCUT2D eigenvalue weighted by atomic mass is 79.9. The third-order valence-electron chi connectivity index (χ3n) is 2.16. The molecule has 0 heterocycles. The van der Waals surface area contributed by atoms with E-state index in [-0.39, 0.29) is 10.8 Å². The molecule has 0 saturated carbocycles. The first-order chi connectivity index (χ1) is 7.04. The molecule has 1 aromatic carbocycles. The van der Waals surface area contributed by atoms with Gasteiger partial charge in [0.15, 0.2) is 0 Å². The molecule has 0 amide bonds. The maximum Gasteiger partial charge on any atom is 0.319 e. The van der Waals surface area contributed by atoms with Crippen LogP contribution in [0, 0.1) is 6.92 Å². The molecule has 0 aliphatic carbocycles. The monoisotopic (exact) mass is 290 g/mol. The van der Waals surface area contributed by atoms with Crippen molar-refractivity contribution >= 4 is 33.5 Å². The summed E-state index contributed by atoms with van der Waals surface area (Å²) in [5.74, 6) is -0.260. The van der Waals surface area contributed by atoms with E-state index >= 15 is 0 Å². The fraction of sp³-hybridized carbons (Fsp3) is 0.364. The van der Waals surface area contributed by atoms with E-state index in [9.17, 15) is 4.79 Å². The maximum absolute atomic E-state index is 11.2. The lowest BCUT2D eigenvalue weighted by Crippen LogP contribution is -2.18. The molecule has 2 nitrogen and oxygen atoms in total. The normalized spacial score (nSPS) is 12.3. The molecule has 0 saturated heterocycles. The summed E-state index contributed by atoms with van der Waals surface area (Å²) in [5.41, 5.74) is 2.17. The summed E-state index contributed by atoms with van der Waals surface area (Å²) in [6, 6.07) is 5.63. The molecule has 0 aliphatic heterocycles. The van der Waals surface area contributed by atoms with E-state index in [1.54, 1.807) is 0 Å². The van der Waals surface area contributed by atoms with Gasteiger partial charge in [0.05, 0.1) is 7.11 Å². The van der Waals surface area contributed by atoms with Gasteiger partial charge in [-0.3, -0.25) is 4.79 Å². The number of hydrogen-bond acceptors (Lipinski definition) is 2. The van der Waals surface area contributed by atoms with E-state index in [0.717, 1.165) is 11.1 Å². The number of carbonyl (C=O) groups is 1. The number of esters is 1. The second kappa shape index (κ2) is 5.52. The van der Waals surface area contributed by atoms with Crippen molar-refractivity contribution in [2.24, 2.45) is 0 Å². The average molecular weight is 292 g/mol. The highest BCUT2D eigenvalue weighted by Gasteiger charge is 2.16. The molecule has 0 N–H and O–H groups in total. The lowest BCUT2D eigenvalue weighted by atomic mass is 10.0. The molecule has 1 unspecified atom stereocenters. The minimum atomic E-state index is -0.303. The van der Waals surface area contributed by atoms with Crippen molar-refractivity contribution in [2.75, 3.05) is 7.11 Å². The molecule has 0 aliphatic rings. The van der Waals surface area contributed by atoms with E-state index in [1.807, 2.05) is 25.1 Å².